The van der Waals surface area contributed by atoms with Gasteiger partial charge in [0.1, 0.15) is 0 Å². The summed E-state index contributed by atoms with van der Waals surface area (Å²) in [6.45, 7) is 6.29. The fourth-order valence-corrected chi connectivity index (χ4v) is 3.20. The van der Waals surface area contributed by atoms with Crippen molar-refractivity contribution in [3.05, 3.63) is 47.0 Å². The van der Waals surface area contributed by atoms with E-state index in [1.165, 1.54) is 0 Å². The van der Waals surface area contributed by atoms with E-state index in [0.717, 1.165) is 42.1 Å². The van der Waals surface area contributed by atoms with E-state index in [2.05, 4.69) is 15.4 Å². The highest BCUT2D eigenvalue weighted by Crippen LogP contribution is 2.23. The second kappa shape index (κ2) is 6.50. The molecule has 1 fully saturated rings. The Hall–Kier alpha value is -2.21. The number of carbonyl (C=O) groups is 1. The van der Waals surface area contributed by atoms with E-state index in [0.29, 0.717) is 6.42 Å². The van der Waals surface area contributed by atoms with Crippen LogP contribution in [0.4, 0.5) is 0 Å². The Balaban J connectivity index is 1.82. The summed E-state index contributed by atoms with van der Waals surface area (Å²) in [7, 11) is 1.92. The molecule has 1 aliphatic heterocycles. The second-order valence-corrected chi connectivity index (χ2v) is 6.04. The van der Waals surface area contributed by atoms with Gasteiger partial charge in [-0.25, -0.2) is 0 Å². The molecule has 23 heavy (non-hydrogen) atoms. The van der Waals surface area contributed by atoms with Crippen LogP contribution >= 0.6 is 0 Å². The number of nitrogens with zero attached hydrogens (tertiary/aromatic N) is 4. The molecule has 3 heterocycles. The van der Waals surface area contributed by atoms with Gasteiger partial charge in [-0.2, -0.15) is 5.10 Å². The number of aromatic nitrogens is 3. The average Bonchev–Trinajstić information content (AvgIpc) is 2.82. The van der Waals surface area contributed by atoms with E-state index < -0.39 is 0 Å². The molecular weight excluding hydrogens is 290 g/mol. The number of amides is 1. The molecule has 0 bridgehead atoms. The van der Waals surface area contributed by atoms with Crippen LogP contribution < -0.4 is 5.32 Å². The van der Waals surface area contributed by atoms with Crippen molar-refractivity contribution >= 4 is 5.91 Å². The van der Waals surface area contributed by atoms with Gasteiger partial charge in [0.25, 0.3) is 0 Å². The van der Waals surface area contributed by atoms with Gasteiger partial charge < -0.3 is 10.2 Å². The third kappa shape index (κ3) is 3.12. The summed E-state index contributed by atoms with van der Waals surface area (Å²) in [4.78, 5) is 19.1. The summed E-state index contributed by atoms with van der Waals surface area (Å²) in [6.07, 6.45) is 4.01. The summed E-state index contributed by atoms with van der Waals surface area (Å²) < 4.78 is 1.84. The van der Waals surface area contributed by atoms with Crippen LogP contribution in [0, 0.1) is 13.8 Å². The molecule has 0 radical (unpaired) electrons. The van der Waals surface area contributed by atoms with Crippen molar-refractivity contribution in [3.63, 3.8) is 0 Å². The van der Waals surface area contributed by atoms with Crippen molar-refractivity contribution in [2.24, 2.45) is 7.05 Å². The van der Waals surface area contributed by atoms with E-state index in [-0.39, 0.29) is 11.9 Å². The van der Waals surface area contributed by atoms with Gasteiger partial charge in [0.2, 0.25) is 5.91 Å². The van der Waals surface area contributed by atoms with Crippen LogP contribution in [0.3, 0.4) is 0 Å². The first kappa shape index (κ1) is 15.7. The summed E-state index contributed by atoms with van der Waals surface area (Å²) in [5.41, 5.74) is 4.11. The lowest BCUT2D eigenvalue weighted by molar-refractivity contribution is -0.133. The molecule has 1 atom stereocenters. The fourth-order valence-electron chi connectivity index (χ4n) is 3.20. The molecule has 3 rings (SSSR count). The van der Waals surface area contributed by atoms with Crippen molar-refractivity contribution in [1.29, 1.82) is 0 Å². The first-order chi connectivity index (χ1) is 11.1. The van der Waals surface area contributed by atoms with E-state index in [1.807, 2.05) is 48.8 Å². The minimum Gasteiger partial charge on any atom is -0.333 e. The molecule has 6 heteroatoms. The Morgan fingerprint density at radius 3 is 2.91 bits per heavy atom. The van der Waals surface area contributed by atoms with Crippen molar-refractivity contribution in [2.75, 3.05) is 19.6 Å². The lowest BCUT2D eigenvalue weighted by Crippen LogP contribution is -2.49. The molecule has 0 saturated carbocycles. The van der Waals surface area contributed by atoms with Gasteiger partial charge in [-0.15, -0.1) is 0 Å². The molecule has 0 aliphatic carbocycles. The predicted molar refractivity (Wildman–Crippen MR) is 87.9 cm³/mol. The van der Waals surface area contributed by atoms with Crippen molar-refractivity contribution in [3.8, 4) is 0 Å². The molecule has 6 nitrogen and oxygen atoms in total. The maximum Gasteiger partial charge on any atom is 0.227 e. The van der Waals surface area contributed by atoms with Crippen LogP contribution in [-0.2, 0) is 18.3 Å². The predicted octanol–water partition coefficient (Wildman–Crippen LogP) is 1.15. The number of rotatable bonds is 3. The van der Waals surface area contributed by atoms with Crippen LogP contribution in [0.1, 0.15) is 28.6 Å². The highest BCUT2D eigenvalue weighted by molar-refractivity contribution is 5.80. The largest absolute Gasteiger partial charge is 0.333 e. The third-order valence-corrected chi connectivity index (χ3v) is 4.62. The Morgan fingerprint density at radius 2 is 2.26 bits per heavy atom. The molecular formula is C17H23N5O. The first-order valence-corrected chi connectivity index (χ1v) is 7.97. The molecule has 1 N–H and O–H groups in total. The van der Waals surface area contributed by atoms with Gasteiger partial charge >= 0.3 is 0 Å². The van der Waals surface area contributed by atoms with Crippen LogP contribution in [0.25, 0.3) is 0 Å². The number of pyridine rings is 1. The topological polar surface area (TPSA) is 63.1 Å². The quantitative estimate of drug-likeness (QED) is 0.923. The summed E-state index contributed by atoms with van der Waals surface area (Å²) in [5, 5.41) is 7.78. The minimum atomic E-state index is 0.0437. The highest BCUT2D eigenvalue weighted by atomic mass is 16.2. The van der Waals surface area contributed by atoms with Crippen LogP contribution in [0.2, 0.25) is 0 Å². The normalized spacial score (nSPS) is 18.2. The smallest absolute Gasteiger partial charge is 0.227 e. The Kier molecular flexibility index (Phi) is 4.43. The Bertz CT molecular complexity index is 695. The fraction of sp³-hybridized carbons (Fsp3) is 0.471. The van der Waals surface area contributed by atoms with E-state index in [1.54, 1.807) is 6.20 Å². The molecule has 1 unspecified atom stereocenters. The van der Waals surface area contributed by atoms with Crippen LogP contribution in [-0.4, -0.2) is 45.2 Å². The molecule has 1 saturated heterocycles. The monoisotopic (exact) mass is 313 g/mol. The molecule has 1 aliphatic rings. The minimum absolute atomic E-state index is 0.0437. The SMILES string of the molecule is Cc1nn(C)c(C)c1CC(=O)N1CCNCC1c1cccnc1. The second-order valence-electron chi connectivity index (χ2n) is 6.04. The zero-order valence-corrected chi connectivity index (χ0v) is 13.9. The number of aryl methyl sites for hydroxylation is 2. The summed E-state index contributed by atoms with van der Waals surface area (Å²) in [5.74, 6) is 0.152. The van der Waals surface area contributed by atoms with E-state index >= 15 is 0 Å². The number of hydrogen-bond donors (Lipinski definition) is 1. The number of nitrogens with one attached hydrogen (secondary N) is 1. The highest BCUT2D eigenvalue weighted by Gasteiger charge is 2.28. The standard InChI is InChI=1S/C17H23N5O/c1-12-15(13(2)21(3)20-12)9-17(23)22-8-7-19-11-16(22)14-5-4-6-18-10-14/h4-6,10,16,19H,7-9,11H2,1-3H3. The van der Waals surface area contributed by atoms with Gasteiger partial charge in [0, 0.05) is 50.3 Å². The molecule has 0 aromatic carbocycles. The Labute approximate surface area is 136 Å². The summed E-state index contributed by atoms with van der Waals surface area (Å²) >= 11 is 0. The number of carbonyl (C=O) groups excluding carboxylic acids is 1. The van der Waals surface area contributed by atoms with Gasteiger partial charge in [-0.05, 0) is 25.5 Å². The molecule has 1 amide bonds. The lowest BCUT2D eigenvalue weighted by Gasteiger charge is -2.36. The van der Waals surface area contributed by atoms with E-state index in [9.17, 15) is 4.79 Å². The third-order valence-electron chi connectivity index (χ3n) is 4.62. The molecule has 0 spiro atoms. The summed E-state index contributed by atoms with van der Waals surface area (Å²) in [6, 6.07) is 4.00. The van der Waals surface area contributed by atoms with Crippen molar-refractivity contribution in [1.82, 2.24) is 25.0 Å². The van der Waals surface area contributed by atoms with Crippen LogP contribution in [0.15, 0.2) is 24.5 Å². The maximum atomic E-state index is 12.9. The molecule has 122 valence electrons. The van der Waals surface area contributed by atoms with Crippen molar-refractivity contribution in [2.45, 2.75) is 26.3 Å². The Morgan fingerprint density at radius 1 is 1.43 bits per heavy atom. The maximum absolute atomic E-state index is 12.9. The zero-order valence-electron chi connectivity index (χ0n) is 13.9. The van der Waals surface area contributed by atoms with Gasteiger partial charge in [0.15, 0.2) is 0 Å². The number of hydrogen-bond acceptors (Lipinski definition) is 4. The van der Waals surface area contributed by atoms with E-state index in [4.69, 9.17) is 0 Å². The van der Waals surface area contributed by atoms with Gasteiger partial charge in [-0.3, -0.25) is 14.5 Å². The lowest BCUT2D eigenvalue weighted by atomic mass is 10.0. The molecule has 2 aromatic heterocycles. The molecule has 2 aromatic rings. The van der Waals surface area contributed by atoms with Gasteiger partial charge in [0.05, 0.1) is 18.2 Å². The zero-order chi connectivity index (χ0) is 16.4. The van der Waals surface area contributed by atoms with Gasteiger partial charge in [-0.1, -0.05) is 6.07 Å². The van der Waals surface area contributed by atoms with Crippen molar-refractivity contribution < 1.29 is 4.79 Å². The van der Waals surface area contributed by atoms with Crippen LogP contribution in [0.5, 0.6) is 0 Å². The average molecular weight is 313 g/mol. The first-order valence-electron chi connectivity index (χ1n) is 7.97. The number of piperazine rings is 1.